The van der Waals surface area contributed by atoms with Crippen molar-refractivity contribution in [3.63, 3.8) is 0 Å². The molecular formula is C14H14N2O4. The van der Waals surface area contributed by atoms with E-state index in [0.29, 0.717) is 15.4 Å². The van der Waals surface area contributed by atoms with Crippen LogP contribution in [0.15, 0.2) is 18.2 Å². The molecule has 0 unspecified atom stereocenters. The molecule has 2 rings (SSSR count). The Morgan fingerprint density at radius 3 is 2.20 bits per heavy atom. The molecule has 0 radical (unpaired) electrons. The molecule has 0 spiro atoms. The molecule has 1 heterocycles. The Labute approximate surface area is 116 Å². The number of benzene rings is 1. The van der Waals surface area contributed by atoms with Gasteiger partial charge in [0.15, 0.2) is 5.78 Å². The zero-order valence-corrected chi connectivity index (χ0v) is 11.5. The number of amides is 4. The molecule has 0 N–H and O–H groups in total. The number of imide groups is 2. The first kappa shape index (κ1) is 13.9. The molecular weight excluding hydrogens is 260 g/mol. The molecule has 1 aromatic rings. The molecule has 104 valence electrons. The Hall–Kier alpha value is -2.50. The van der Waals surface area contributed by atoms with Gasteiger partial charge in [0, 0.05) is 12.6 Å². The fourth-order valence-corrected chi connectivity index (χ4v) is 1.90. The van der Waals surface area contributed by atoms with Gasteiger partial charge in [-0.2, -0.15) is 0 Å². The van der Waals surface area contributed by atoms with Crippen molar-refractivity contribution in [1.29, 1.82) is 0 Å². The lowest BCUT2D eigenvalue weighted by molar-refractivity contribution is -0.142. The monoisotopic (exact) mass is 274 g/mol. The van der Waals surface area contributed by atoms with E-state index in [9.17, 15) is 19.2 Å². The van der Waals surface area contributed by atoms with Crippen molar-refractivity contribution in [2.75, 3.05) is 13.6 Å². The molecule has 0 bridgehead atoms. The van der Waals surface area contributed by atoms with Gasteiger partial charge in [0.05, 0.1) is 6.54 Å². The topological polar surface area (TPSA) is 74.8 Å². The first-order valence-electron chi connectivity index (χ1n) is 6.07. The van der Waals surface area contributed by atoms with E-state index in [1.165, 1.54) is 7.05 Å². The van der Waals surface area contributed by atoms with Crippen LogP contribution in [0.5, 0.6) is 0 Å². The Morgan fingerprint density at radius 2 is 1.70 bits per heavy atom. The molecule has 1 aliphatic heterocycles. The average Bonchev–Trinajstić information content (AvgIpc) is 2.59. The van der Waals surface area contributed by atoms with Crippen molar-refractivity contribution in [3.8, 4) is 0 Å². The van der Waals surface area contributed by atoms with Gasteiger partial charge in [-0.25, -0.2) is 9.69 Å². The molecule has 1 aromatic carbocycles. The van der Waals surface area contributed by atoms with Crippen molar-refractivity contribution in [2.45, 2.75) is 13.8 Å². The quantitative estimate of drug-likeness (QED) is 0.466. The van der Waals surface area contributed by atoms with Gasteiger partial charge < -0.3 is 0 Å². The summed E-state index contributed by atoms with van der Waals surface area (Å²) < 4.78 is 0. The molecule has 6 nitrogen and oxygen atoms in total. The Kier molecular flexibility index (Phi) is 3.40. The molecule has 6 heteroatoms. The number of urea groups is 1. The molecule has 20 heavy (non-hydrogen) atoms. The molecule has 0 aliphatic carbocycles. The Balaban J connectivity index is 2.20. The number of rotatable bonds is 3. The summed E-state index contributed by atoms with van der Waals surface area (Å²) in [5, 5.41) is 0. The Bertz CT molecular complexity index is 636. The van der Waals surface area contributed by atoms with Gasteiger partial charge in [-0.3, -0.25) is 19.3 Å². The highest BCUT2D eigenvalue weighted by Crippen LogP contribution is 2.14. The number of carbonyl (C=O) groups is 4. The first-order chi connectivity index (χ1) is 9.32. The highest BCUT2D eigenvalue weighted by Gasteiger charge is 2.42. The second-order valence-corrected chi connectivity index (χ2v) is 4.76. The van der Waals surface area contributed by atoms with Crippen LogP contribution in [0.3, 0.4) is 0 Å². The predicted octanol–water partition coefficient (Wildman–Crippen LogP) is 0.907. The summed E-state index contributed by atoms with van der Waals surface area (Å²) >= 11 is 0. The van der Waals surface area contributed by atoms with E-state index < -0.39 is 24.4 Å². The third-order valence-electron chi connectivity index (χ3n) is 3.38. The zero-order chi connectivity index (χ0) is 15.0. The van der Waals surface area contributed by atoms with Crippen LogP contribution in [0.25, 0.3) is 0 Å². The third-order valence-corrected chi connectivity index (χ3v) is 3.38. The van der Waals surface area contributed by atoms with Crippen LogP contribution in [-0.4, -0.2) is 47.0 Å². The summed E-state index contributed by atoms with van der Waals surface area (Å²) in [6.07, 6.45) is 0. The van der Waals surface area contributed by atoms with Gasteiger partial charge in [-0.05, 0) is 31.0 Å². The fraction of sp³-hybridized carbons (Fsp3) is 0.286. The highest BCUT2D eigenvalue weighted by molar-refractivity contribution is 6.45. The van der Waals surface area contributed by atoms with Crippen molar-refractivity contribution < 1.29 is 19.2 Å². The number of aryl methyl sites for hydroxylation is 2. The number of carbonyl (C=O) groups excluding carboxylic acids is 4. The smallest absolute Gasteiger partial charge is 0.292 e. The van der Waals surface area contributed by atoms with E-state index in [2.05, 4.69) is 0 Å². The van der Waals surface area contributed by atoms with Gasteiger partial charge in [-0.15, -0.1) is 0 Å². The summed E-state index contributed by atoms with van der Waals surface area (Å²) in [6.45, 7) is 3.37. The fourth-order valence-electron chi connectivity index (χ4n) is 1.90. The molecule has 0 aromatic heterocycles. The van der Waals surface area contributed by atoms with Crippen LogP contribution in [0.1, 0.15) is 21.5 Å². The summed E-state index contributed by atoms with van der Waals surface area (Å²) in [7, 11) is 1.21. The summed E-state index contributed by atoms with van der Waals surface area (Å²) in [5.41, 5.74) is 2.41. The molecule has 1 aliphatic rings. The third kappa shape index (κ3) is 2.20. The lowest BCUT2D eigenvalue weighted by Crippen LogP contribution is -2.36. The van der Waals surface area contributed by atoms with Crippen LogP contribution in [-0.2, 0) is 9.59 Å². The number of hydrogen-bond donors (Lipinski definition) is 0. The number of hydrogen-bond acceptors (Lipinski definition) is 4. The zero-order valence-electron chi connectivity index (χ0n) is 11.5. The minimum atomic E-state index is -0.963. The van der Waals surface area contributed by atoms with Gasteiger partial charge in [-0.1, -0.05) is 12.1 Å². The number of Topliss-reactive ketones (excluding diaryl/α,β-unsaturated/α-hetero) is 1. The van der Waals surface area contributed by atoms with Crippen molar-refractivity contribution in [2.24, 2.45) is 0 Å². The summed E-state index contributed by atoms with van der Waals surface area (Å²) in [5.74, 6) is -2.25. The molecule has 0 atom stereocenters. The number of likely N-dealkylation sites (N-methyl/N-ethyl adjacent to an activating group) is 1. The second-order valence-electron chi connectivity index (χ2n) is 4.76. The molecule has 1 fully saturated rings. The van der Waals surface area contributed by atoms with Crippen LogP contribution < -0.4 is 0 Å². The first-order valence-corrected chi connectivity index (χ1v) is 6.07. The molecule has 0 saturated carbocycles. The normalized spacial score (nSPS) is 15.2. The number of ketones is 1. The van der Waals surface area contributed by atoms with E-state index in [0.717, 1.165) is 11.1 Å². The van der Waals surface area contributed by atoms with Gasteiger partial charge in [0.2, 0.25) is 0 Å². The van der Waals surface area contributed by atoms with Crippen molar-refractivity contribution >= 4 is 23.6 Å². The standard InChI is InChI=1S/C14H14N2O4/c1-8-4-5-10(6-9(8)2)11(17)7-16-13(19)12(18)15(3)14(16)20/h4-6H,7H2,1-3H3. The largest absolute Gasteiger partial charge is 0.334 e. The van der Waals surface area contributed by atoms with Crippen LogP contribution >= 0.6 is 0 Å². The maximum Gasteiger partial charge on any atom is 0.334 e. The van der Waals surface area contributed by atoms with Crippen LogP contribution in [0.2, 0.25) is 0 Å². The van der Waals surface area contributed by atoms with Crippen molar-refractivity contribution in [3.05, 3.63) is 34.9 Å². The van der Waals surface area contributed by atoms with Gasteiger partial charge in [0.25, 0.3) is 0 Å². The van der Waals surface area contributed by atoms with Crippen molar-refractivity contribution in [1.82, 2.24) is 9.80 Å². The maximum absolute atomic E-state index is 12.1. The molecule has 1 saturated heterocycles. The highest BCUT2D eigenvalue weighted by atomic mass is 16.2. The van der Waals surface area contributed by atoms with E-state index in [-0.39, 0.29) is 5.78 Å². The number of nitrogens with zero attached hydrogens (tertiary/aromatic N) is 2. The molecule has 4 amide bonds. The minimum Gasteiger partial charge on any atom is -0.292 e. The summed E-state index contributed by atoms with van der Waals surface area (Å²) in [4.78, 5) is 48.1. The van der Waals surface area contributed by atoms with E-state index >= 15 is 0 Å². The average molecular weight is 274 g/mol. The van der Waals surface area contributed by atoms with Crippen LogP contribution in [0.4, 0.5) is 4.79 Å². The Morgan fingerprint density at radius 1 is 1.05 bits per heavy atom. The second kappa shape index (κ2) is 4.88. The predicted molar refractivity (Wildman–Crippen MR) is 70.1 cm³/mol. The maximum atomic E-state index is 12.1. The van der Waals surface area contributed by atoms with Crippen LogP contribution in [0, 0.1) is 13.8 Å². The van der Waals surface area contributed by atoms with Gasteiger partial charge >= 0.3 is 17.8 Å². The SMILES string of the molecule is Cc1ccc(C(=O)CN2C(=O)C(=O)N(C)C2=O)cc1C. The minimum absolute atomic E-state index is 0.377. The lowest BCUT2D eigenvalue weighted by atomic mass is 10.0. The lowest BCUT2D eigenvalue weighted by Gasteiger charge is -2.12. The summed E-state index contributed by atoms with van der Waals surface area (Å²) in [6, 6.07) is 4.38. The van der Waals surface area contributed by atoms with E-state index in [1.807, 2.05) is 13.8 Å². The van der Waals surface area contributed by atoms with E-state index in [4.69, 9.17) is 0 Å². The van der Waals surface area contributed by atoms with Gasteiger partial charge in [0.1, 0.15) is 0 Å². The van der Waals surface area contributed by atoms with E-state index in [1.54, 1.807) is 18.2 Å².